The van der Waals surface area contributed by atoms with E-state index in [1.807, 2.05) is 45.0 Å². The van der Waals surface area contributed by atoms with Crippen molar-refractivity contribution in [3.8, 4) is 0 Å². The van der Waals surface area contributed by atoms with Crippen LogP contribution in [0.1, 0.15) is 50.0 Å². The van der Waals surface area contributed by atoms with Gasteiger partial charge in [-0.05, 0) is 43.1 Å². The first-order valence-electron chi connectivity index (χ1n) is 8.66. The quantitative estimate of drug-likeness (QED) is 0.791. The number of nitrogens with one attached hydrogen (secondary N) is 3. The molecule has 2 rings (SSSR count). The molecule has 5 nitrogen and oxygen atoms in total. The third kappa shape index (κ3) is 5.06. The monoisotopic (exact) mass is 331 g/mol. The van der Waals surface area contributed by atoms with Crippen molar-refractivity contribution in [3.63, 3.8) is 0 Å². The summed E-state index contributed by atoms with van der Waals surface area (Å²) in [6.45, 7) is 10.2. The number of hydrogen-bond donors (Lipinski definition) is 3. The summed E-state index contributed by atoms with van der Waals surface area (Å²) in [5.41, 5.74) is 1.25. The Labute approximate surface area is 144 Å². The van der Waals surface area contributed by atoms with E-state index in [-0.39, 0.29) is 17.9 Å². The molecule has 1 aliphatic heterocycles. The second-order valence-electron chi connectivity index (χ2n) is 7.68. The molecule has 3 N–H and O–H groups in total. The van der Waals surface area contributed by atoms with Crippen molar-refractivity contribution in [3.05, 3.63) is 35.4 Å². The highest BCUT2D eigenvalue weighted by atomic mass is 16.2. The number of carbonyl (C=O) groups excluding carboxylic acids is 2. The molecule has 132 valence electrons. The van der Waals surface area contributed by atoms with Crippen molar-refractivity contribution in [2.24, 2.45) is 11.3 Å². The molecule has 2 atom stereocenters. The molecule has 1 fully saturated rings. The SMILES string of the molecule is CC1CNCCC1NC(=O)c1ccc(CNC(=O)C(C)(C)C)cc1. The van der Waals surface area contributed by atoms with E-state index in [4.69, 9.17) is 0 Å². The van der Waals surface area contributed by atoms with Gasteiger partial charge >= 0.3 is 0 Å². The van der Waals surface area contributed by atoms with Crippen LogP contribution in [0.5, 0.6) is 0 Å². The molecular weight excluding hydrogens is 302 g/mol. The predicted molar refractivity (Wildman–Crippen MR) is 95.6 cm³/mol. The van der Waals surface area contributed by atoms with Gasteiger partial charge < -0.3 is 16.0 Å². The van der Waals surface area contributed by atoms with Gasteiger partial charge in [0.05, 0.1) is 0 Å². The lowest BCUT2D eigenvalue weighted by Crippen LogP contribution is -2.48. The second-order valence-corrected chi connectivity index (χ2v) is 7.68. The van der Waals surface area contributed by atoms with Crippen molar-refractivity contribution in [2.75, 3.05) is 13.1 Å². The summed E-state index contributed by atoms with van der Waals surface area (Å²) < 4.78 is 0. The summed E-state index contributed by atoms with van der Waals surface area (Å²) in [7, 11) is 0. The Balaban J connectivity index is 1.89. The number of carbonyl (C=O) groups is 2. The molecule has 1 heterocycles. The number of rotatable bonds is 4. The zero-order valence-electron chi connectivity index (χ0n) is 15.1. The molecule has 2 amide bonds. The molecular formula is C19H29N3O2. The molecule has 0 aromatic heterocycles. The first-order chi connectivity index (χ1) is 11.3. The smallest absolute Gasteiger partial charge is 0.251 e. The lowest BCUT2D eigenvalue weighted by Gasteiger charge is -2.30. The van der Waals surface area contributed by atoms with E-state index in [9.17, 15) is 9.59 Å². The lowest BCUT2D eigenvalue weighted by atomic mass is 9.95. The van der Waals surface area contributed by atoms with E-state index < -0.39 is 5.41 Å². The van der Waals surface area contributed by atoms with Crippen LogP contribution >= 0.6 is 0 Å². The van der Waals surface area contributed by atoms with E-state index in [0.29, 0.717) is 18.0 Å². The fourth-order valence-corrected chi connectivity index (χ4v) is 2.70. The van der Waals surface area contributed by atoms with Gasteiger partial charge in [0.2, 0.25) is 5.91 Å². The van der Waals surface area contributed by atoms with Crippen LogP contribution in [0.3, 0.4) is 0 Å². The fourth-order valence-electron chi connectivity index (χ4n) is 2.70. The number of benzene rings is 1. The standard InChI is InChI=1S/C19H29N3O2/c1-13-11-20-10-9-16(13)22-17(23)15-7-5-14(6-8-15)12-21-18(24)19(2,3)4/h5-8,13,16,20H,9-12H2,1-4H3,(H,21,24)(H,22,23). The molecule has 0 radical (unpaired) electrons. The summed E-state index contributed by atoms with van der Waals surface area (Å²) in [4.78, 5) is 24.3. The van der Waals surface area contributed by atoms with Gasteiger partial charge in [-0.3, -0.25) is 9.59 Å². The third-order valence-electron chi connectivity index (χ3n) is 4.45. The third-order valence-corrected chi connectivity index (χ3v) is 4.45. The summed E-state index contributed by atoms with van der Waals surface area (Å²) >= 11 is 0. The van der Waals surface area contributed by atoms with Crippen LogP contribution < -0.4 is 16.0 Å². The van der Waals surface area contributed by atoms with Gasteiger partial charge in [0.15, 0.2) is 0 Å². The zero-order valence-corrected chi connectivity index (χ0v) is 15.1. The maximum Gasteiger partial charge on any atom is 0.251 e. The Morgan fingerprint density at radius 2 is 1.88 bits per heavy atom. The first kappa shape index (κ1) is 18.5. The summed E-state index contributed by atoms with van der Waals surface area (Å²) in [5, 5.41) is 9.37. The van der Waals surface area contributed by atoms with Gasteiger partial charge in [0, 0.05) is 23.6 Å². The van der Waals surface area contributed by atoms with Crippen LogP contribution in [0.2, 0.25) is 0 Å². The number of amides is 2. The Hall–Kier alpha value is -1.88. The summed E-state index contributed by atoms with van der Waals surface area (Å²) in [5.74, 6) is 0.429. The number of piperidine rings is 1. The molecule has 1 aromatic carbocycles. The van der Waals surface area contributed by atoms with Crippen molar-refractivity contribution < 1.29 is 9.59 Å². The van der Waals surface area contributed by atoms with Crippen molar-refractivity contribution in [1.29, 1.82) is 0 Å². The van der Waals surface area contributed by atoms with Gasteiger partial charge in [0.25, 0.3) is 5.91 Å². The highest BCUT2D eigenvalue weighted by molar-refractivity contribution is 5.94. The average molecular weight is 331 g/mol. The largest absolute Gasteiger partial charge is 0.352 e. The summed E-state index contributed by atoms with van der Waals surface area (Å²) in [6.07, 6.45) is 0.962. The van der Waals surface area contributed by atoms with E-state index in [1.165, 1.54) is 0 Å². The second kappa shape index (κ2) is 7.79. The minimum atomic E-state index is -0.397. The van der Waals surface area contributed by atoms with Gasteiger partial charge in [-0.1, -0.05) is 39.8 Å². The highest BCUT2D eigenvalue weighted by Gasteiger charge is 2.23. The minimum Gasteiger partial charge on any atom is -0.352 e. The molecule has 1 aromatic rings. The Bertz CT molecular complexity index is 575. The predicted octanol–water partition coefficient (Wildman–Crippen LogP) is 2.08. The first-order valence-corrected chi connectivity index (χ1v) is 8.66. The maximum atomic E-state index is 12.4. The van der Waals surface area contributed by atoms with E-state index in [2.05, 4.69) is 22.9 Å². The summed E-state index contributed by atoms with van der Waals surface area (Å²) in [6, 6.07) is 7.65. The Kier molecular flexibility index (Phi) is 5.99. The van der Waals surface area contributed by atoms with Gasteiger partial charge in [0.1, 0.15) is 0 Å². The van der Waals surface area contributed by atoms with Crippen LogP contribution in [0.15, 0.2) is 24.3 Å². The van der Waals surface area contributed by atoms with E-state index >= 15 is 0 Å². The molecule has 0 aliphatic carbocycles. The van der Waals surface area contributed by atoms with E-state index in [1.54, 1.807) is 0 Å². The van der Waals surface area contributed by atoms with Gasteiger partial charge in [-0.2, -0.15) is 0 Å². The van der Waals surface area contributed by atoms with E-state index in [0.717, 1.165) is 25.1 Å². The lowest BCUT2D eigenvalue weighted by molar-refractivity contribution is -0.128. The van der Waals surface area contributed by atoms with Crippen LogP contribution in [-0.4, -0.2) is 30.9 Å². The maximum absolute atomic E-state index is 12.4. The molecule has 0 saturated carbocycles. The van der Waals surface area contributed by atoms with Gasteiger partial charge in [-0.15, -0.1) is 0 Å². The van der Waals surface area contributed by atoms with Crippen molar-refractivity contribution >= 4 is 11.8 Å². The molecule has 0 spiro atoms. The molecule has 24 heavy (non-hydrogen) atoms. The van der Waals surface area contributed by atoms with Crippen LogP contribution in [0, 0.1) is 11.3 Å². The normalized spacial score (nSPS) is 21.2. The molecule has 2 unspecified atom stereocenters. The minimum absolute atomic E-state index is 0.0178. The van der Waals surface area contributed by atoms with Crippen molar-refractivity contribution in [1.82, 2.24) is 16.0 Å². The van der Waals surface area contributed by atoms with Gasteiger partial charge in [-0.25, -0.2) is 0 Å². The van der Waals surface area contributed by atoms with Crippen LogP contribution in [-0.2, 0) is 11.3 Å². The molecule has 1 saturated heterocycles. The molecule has 1 aliphatic rings. The fraction of sp³-hybridized carbons (Fsp3) is 0.579. The van der Waals surface area contributed by atoms with Crippen molar-refractivity contribution in [2.45, 2.75) is 46.7 Å². The molecule has 5 heteroatoms. The Morgan fingerprint density at radius 3 is 2.46 bits per heavy atom. The number of hydrogen-bond acceptors (Lipinski definition) is 3. The zero-order chi connectivity index (χ0) is 17.7. The molecule has 0 bridgehead atoms. The topological polar surface area (TPSA) is 70.2 Å². The Morgan fingerprint density at radius 1 is 1.21 bits per heavy atom. The highest BCUT2D eigenvalue weighted by Crippen LogP contribution is 2.14. The van der Waals surface area contributed by atoms with Crippen LogP contribution in [0.25, 0.3) is 0 Å². The average Bonchev–Trinajstić information content (AvgIpc) is 2.54. The van der Waals surface area contributed by atoms with Crippen LogP contribution in [0.4, 0.5) is 0 Å².